The first-order chi connectivity index (χ1) is 10.8. The fourth-order valence-corrected chi connectivity index (χ4v) is 3.97. The predicted octanol–water partition coefficient (Wildman–Crippen LogP) is 4.00. The van der Waals surface area contributed by atoms with Gasteiger partial charge in [0, 0.05) is 12.1 Å². The Labute approximate surface area is 136 Å². The summed E-state index contributed by atoms with van der Waals surface area (Å²) in [6.45, 7) is 0.585. The van der Waals surface area contributed by atoms with E-state index in [-0.39, 0.29) is 11.4 Å². The Hall–Kier alpha value is -1.41. The van der Waals surface area contributed by atoms with E-state index in [9.17, 15) is 13.2 Å². The molecule has 0 unspecified atom stereocenters. The molecular formula is C15H19F3N4S. The van der Waals surface area contributed by atoms with Crippen molar-refractivity contribution in [2.45, 2.75) is 37.4 Å². The Kier molecular flexibility index (Phi) is 4.22. The number of hydrogen-bond donors (Lipinski definition) is 1. The molecule has 0 atom stereocenters. The third-order valence-corrected chi connectivity index (χ3v) is 5.54. The summed E-state index contributed by atoms with van der Waals surface area (Å²) >= 11 is 1.35. The number of rotatable bonds is 4. The second-order valence-corrected chi connectivity index (χ2v) is 7.12. The summed E-state index contributed by atoms with van der Waals surface area (Å²) in [7, 11) is 4.05. The number of hydrogen-bond acceptors (Lipinski definition) is 5. The molecule has 23 heavy (non-hydrogen) atoms. The quantitative estimate of drug-likeness (QED) is 0.910. The zero-order valence-electron chi connectivity index (χ0n) is 13.1. The lowest BCUT2D eigenvalue weighted by Crippen LogP contribution is -2.47. The van der Waals surface area contributed by atoms with Crippen LogP contribution >= 0.6 is 11.3 Å². The van der Waals surface area contributed by atoms with Gasteiger partial charge in [-0.2, -0.15) is 13.2 Å². The molecule has 1 fully saturated rings. The highest BCUT2D eigenvalue weighted by Crippen LogP contribution is 2.36. The van der Waals surface area contributed by atoms with E-state index in [1.165, 1.54) is 11.3 Å². The van der Waals surface area contributed by atoms with Gasteiger partial charge in [0.1, 0.15) is 5.82 Å². The molecule has 1 saturated carbocycles. The molecule has 2 aromatic rings. The Morgan fingerprint density at radius 1 is 1.26 bits per heavy atom. The van der Waals surface area contributed by atoms with Crippen LogP contribution in [0.3, 0.4) is 0 Å². The van der Waals surface area contributed by atoms with Crippen molar-refractivity contribution in [3.05, 3.63) is 17.3 Å². The number of thiophene rings is 1. The minimum Gasteiger partial charge on any atom is -0.367 e. The summed E-state index contributed by atoms with van der Waals surface area (Å²) < 4.78 is 39.6. The highest BCUT2D eigenvalue weighted by atomic mass is 32.1. The van der Waals surface area contributed by atoms with Crippen LogP contribution in [0.5, 0.6) is 0 Å². The van der Waals surface area contributed by atoms with Crippen molar-refractivity contribution in [3.63, 3.8) is 0 Å². The average molecular weight is 344 g/mol. The maximum absolute atomic E-state index is 13.0. The molecule has 0 aromatic carbocycles. The molecule has 0 aliphatic heterocycles. The van der Waals surface area contributed by atoms with Gasteiger partial charge in [-0.1, -0.05) is 12.8 Å². The van der Waals surface area contributed by atoms with Crippen LogP contribution in [0, 0.1) is 0 Å². The first kappa shape index (κ1) is 16.4. The molecule has 4 nitrogen and oxygen atoms in total. The Balaban J connectivity index is 1.91. The highest BCUT2D eigenvalue weighted by molar-refractivity contribution is 7.17. The van der Waals surface area contributed by atoms with E-state index < -0.39 is 12.0 Å². The Morgan fingerprint density at radius 3 is 2.57 bits per heavy atom. The lowest BCUT2D eigenvalue weighted by Gasteiger charge is -2.36. The summed E-state index contributed by atoms with van der Waals surface area (Å²) in [5, 5.41) is 4.91. The van der Waals surface area contributed by atoms with Gasteiger partial charge in [0.15, 0.2) is 0 Å². The summed E-state index contributed by atoms with van der Waals surface area (Å²) in [6.07, 6.45) is -0.174. The van der Waals surface area contributed by atoms with Gasteiger partial charge in [0.05, 0.1) is 10.2 Å². The molecule has 1 N–H and O–H groups in total. The fourth-order valence-electron chi connectivity index (χ4n) is 3.17. The van der Waals surface area contributed by atoms with Crippen molar-refractivity contribution in [2.75, 3.05) is 26.0 Å². The van der Waals surface area contributed by atoms with E-state index in [1.54, 1.807) is 11.4 Å². The second kappa shape index (κ2) is 5.90. The number of aromatic nitrogens is 2. The minimum atomic E-state index is -4.54. The van der Waals surface area contributed by atoms with Gasteiger partial charge in [0.2, 0.25) is 5.82 Å². The number of likely N-dealkylation sites (N-methyl/N-ethyl adjacent to an activating group) is 1. The van der Waals surface area contributed by atoms with Gasteiger partial charge in [0.25, 0.3) is 0 Å². The van der Waals surface area contributed by atoms with Crippen LogP contribution in [0.25, 0.3) is 10.2 Å². The van der Waals surface area contributed by atoms with E-state index in [1.807, 2.05) is 14.1 Å². The zero-order chi connectivity index (χ0) is 16.7. The lowest BCUT2D eigenvalue weighted by atomic mass is 9.96. The number of nitrogens with zero attached hydrogens (tertiary/aromatic N) is 3. The number of anilines is 1. The van der Waals surface area contributed by atoms with Crippen LogP contribution in [-0.4, -0.2) is 41.0 Å². The van der Waals surface area contributed by atoms with Crippen LogP contribution in [0.1, 0.15) is 31.5 Å². The van der Waals surface area contributed by atoms with E-state index in [2.05, 4.69) is 20.2 Å². The Bertz CT molecular complexity index is 690. The third kappa shape index (κ3) is 3.14. The topological polar surface area (TPSA) is 41.0 Å². The van der Waals surface area contributed by atoms with Crippen molar-refractivity contribution in [1.82, 2.24) is 14.9 Å². The molecule has 0 radical (unpaired) electrons. The van der Waals surface area contributed by atoms with Crippen molar-refractivity contribution < 1.29 is 13.2 Å². The fraction of sp³-hybridized carbons (Fsp3) is 0.600. The first-order valence-corrected chi connectivity index (χ1v) is 8.44. The van der Waals surface area contributed by atoms with Crippen LogP contribution in [0.15, 0.2) is 11.4 Å². The van der Waals surface area contributed by atoms with Gasteiger partial charge in [-0.05, 0) is 38.4 Å². The number of halogens is 3. The number of fused-ring (bicyclic) bond motifs is 1. The number of alkyl halides is 3. The normalized spacial score (nSPS) is 18.0. The SMILES string of the molecule is CN(C)C1(CNc2nc(C(F)(F)F)nc3ccsc23)CCCC1. The standard InChI is InChI=1S/C15H19F3N4S/c1-22(2)14(6-3-4-7-14)9-19-12-11-10(5-8-23-11)20-13(21-12)15(16,17)18/h5,8H,3-4,6-7,9H2,1-2H3,(H,19,20,21). The summed E-state index contributed by atoms with van der Waals surface area (Å²) in [5.41, 5.74) is 0.317. The van der Waals surface area contributed by atoms with Crippen LogP contribution in [0.2, 0.25) is 0 Å². The smallest absolute Gasteiger partial charge is 0.367 e. The van der Waals surface area contributed by atoms with E-state index in [0.717, 1.165) is 25.7 Å². The summed E-state index contributed by atoms with van der Waals surface area (Å²) in [5.74, 6) is -0.804. The second-order valence-electron chi connectivity index (χ2n) is 6.21. The monoisotopic (exact) mass is 344 g/mol. The summed E-state index contributed by atoms with van der Waals surface area (Å²) in [6, 6.07) is 1.60. The third-order valence-electron chi connectivity index (χ3n) is 4.62. The van der Waals surface area contributed by atoms with Crippen molar-refractivity contribution in [1.29, 1.82) is 0 Å². The van der Waals surface area contributed by atoms with Crippen molar-refractivity contribution >= 4 is 27.4 Å². The highest BCUT2D eigenvalue weighted by Gasteiger charge is 2.38. The molecule has 1 aliphatic carbocycles. The zero-order valence-corrected chi connectivity index (χ0v) is 13.9. The first-order valence-electron chi connectivity index (χ1n) is 7.56. The molecule has 0 amide bonds. The molecule has 0 spiro atoms. The van der Waals surface area contributed by atoms with Gasteiger partial charge < -0.3 is 10.2 Å². The molecule has 1 aliphatic rings. The van der Waals surface area contributed by atoms with Gasteiger partial charge in [-0.15, -0.1) is 11.3 Å². The predicted molar refractivity (Wildman–Crippen MR) is 85.8 cm³/mol. The van der Waals surface area contributed by atoms with Gasteiger partial charge in [-0.3, -0.25) is 0 Å². The van der Waals surface area contributed by atoms with E-state index in [0.29, 0.717) is 16.8 Å². The molecule has 3 rings (SSSR count). The van der Waals surface area contributed by atoms with E-state index in [4.69, 9.17) is 0 Å². The summed E-state index contributed by atoms with van der Waals surface area (Å²) in [4.78, 5) is 9.53. The number of nitrogens with one attached hydrogen (secondary N) is 1. The molecule has 126 valence electrons. The van der Waals surface area contributed by atoms with Crippen molar-refractivity contribution in [2.24, 2.45) is 0 Å². The molecule has 0 bridgehead atoms. The largest absolute Gasteiger partial charge is 0.451 e. The van der Waals surface area contributed by atoms with Gasteiger partial charge >= 0.3 is 6.18 Å². The van der Waals surface area contributed by atoms with Crippen molar-refractivity contribution in [3.8, 4) is 0 Å². The molecule has 0 saturated heterocycles. The lowest BCUT2D eigenvalue weighted by molar-refractivity contribution is -0.144. The molecule has 2 aromatic heterocycles. The maximum atomic E-state index is 13.0. The van der Waals surface area contributed by atoms with Crippen LogP contribution in [-0.2, 0) is 6.18 Å². The minimum absolute atomic E-state index is 0.0209. The molecule has 8 heteroatoms. The van der Waals surface area contributed by atoms with E-state index >= 15 is 0 Å². The van der Waals surface area contributed by atoms with Crippen LogP contribution in [0.4, 0.5) is 19.0 Å². The maximum Gasteiger partial charge on any atom is 0.451 e. The van der Waals surface area contributed by atoms with Crippen LogP contribution < -0.4 is 5.32 Å². The van der Waals surface area contributed by atoms with Gasteiger partial charge in [-0.25, -0.2) is 9.97 Å². The average Bonchev–Trinajstić information content (AvgIpc) is 3.13. The Morgan fingerprint density at radius 2 is 1.96 bits per heavy atom. The molecule has 2 heterocycles. The molecular weight excluding hydrogens is 325 g/mol.